The summed E-state index contributed by atoms with van der Waals surface area (Å²) in [6.07, 6.45) is 5.21. The van der Waals surface area contributed by atoms with Crippen molar-refractivity contribution in [1.29, 1.82) is 0 Å². The van der Waals surface area contributed by atoms with Crippen LogP contribution in [0.2, 0.25) is 0 Å². The molecule has 2 rings (SSSR count). The molecule has 1 saturated carbocycles. The second-order valence-electron chi connectivity index (χ2n) is 5.53. The lowest BCUT2D eigenvalue weighted by Crippen LogP contribution is -2.25. The minimum absolute atomic E-state index is 0.117. The Morgan fingerprint density at radius 3 is 2.61 bits per heavy atom. The van der Waals surface area contributed by atoms with Gasteiger partial charge in [-0.05, 0) is 43.4 Å². The van der Waals surface area contributed by atoms with E-state index in [4.69, 9.17) is 5.73 Å². The molecular formula is C15H23FN2. The summed E-state index contributed by atoms with van der Waals surface area (Å²) in [6.45, 7) is 2.82. The lowest BCUT2D eigenvalue weighted by Gasteiger charge is -2.24. The molecule has 1 aliphatic rings. The number of nitrogens with zero attached hydrogens (tertiary/aromatic N) is 1. The number of benzene rings is 1. The van der Waals surface area contributed by atoms with Crippen LogP contribution in [0, 0.1) is 11.7 Å². The Bertz CT molecular complexity index is 397. The molecule has 0 bridgehead atoms. The van der Waals surface area contributed by atoms with E-state index in [1.807, 2.05) is 31.0 Å². The van der Waals surface area contributed by atoms with E-state index < -0.39 is 0 Å². The third-order valence-corrected chi connectivity index (χ3v) is 3.92. The van der Waals surface area contributed by atoms with Crippen molar-refractivity contribution in [2.24, 2.45) is 11.7 Å². The highest BCUT2D eigenvalue weighted by molar-refractivity contribution is 5.49. The first kappa shape index (κ1) is 13.3. The highest BCUT2D eigenvalue weighted by Gasteiger charge is 2.18. The fraction of sp³-hybridized carbons (Fsp3) is 0.600. The number of rotatable bonds is 4. The molecule has 18 heavy (non-hydrogen) atoms. The molecule has 0 spiro atoms. The molecule has 1 aromatic rings. The van der Waals surface area contributed by atoms with E-state index in [1.165, 1.54) is 25.7 Å². The van der Waals surface area contributed by atoms with Crippen LogP contribution in [0.25, 0.3) is 0 Å². The van der Waals surface area contributed by atoms with Crippen LogP contribution in [-0.2, 0) is 0 Å². The molecule has 0 radical (unpaired) electrons. The lowest BCUT2D eigenvalue weighted by atomic mass is 10.1. The molecule has 0 heterocycles. The molecule has 1 fully saturated rings. The highest BCUT2D eigenvalue weighted by Crippen LogP contribution is 2.28. The maximum Gasteiger partial charge on any atom is 0.146 e. The van der Waals surface area contributed by atoms with Gasteiger partial charge in [-0.2, -0.15) is 0 Å². The van der Waals surface area contributed by atoms with Crippen LogP contribution >= 0.6 is 0 Å². The van der Waals surface area contributed by atoms with Crippen LogP contribution in [0.15, 0.2) is 18.2 Å². The first-order valence-electron chi connectivity index (χ1n) is 6.84. The second-order valence-corrected chi connectivity index (χ2v) is 5.53. The van der Waals surface area contributed by atoms with Crippen molar-refractivity contribution in [2.75, 3.05) is 18.5 Å². The van der Waals surface area contributed by atoms with E-state index in [2.05, 4.69) is 0 Å². The van der Waals surface area contributed by atoms with Gasteiger partial charge in [-0.1, -0.05) is 18.9 Å². The minimum atomic E-state index is -0.162. The van der Waals surface area contributed by atoms with Gasteiger partial charge < -0.3 is 10.6 Å². The summed E-state index contributed by atoms with van der Waals surface area (Å²) in [7, 11) is 1.97. The highest BCUT2D eigenvalue weighted by atomic mass is 19.1. The predicted octanol–water partition coefficient (Wildman–Crippen LogP) is 3.47. The van der Waals surface area contributed by atoms with Crippen molar-refractivity contribution < 1.29 is 4.39 Å². The molecule has 1 aliphatic carbocycles. The molecule has 0 saturated heterocycles. The predicted molar refractivity (Wildman–Crippen MR) is 74.2 cm³/mol. The first-order valence-corrected chi connectivity index (χ1v) is 6.84. The van der Waals surface area contributed by atoms with Crippen LogP contribution < -0.4 is 10.6 Å². The van der Waals surface area contributed by atoms with Crippen molar-refractivity contribution >= 4 is 5.69 Å². The van der Waals surface area contributed by atoms with Crippen LogP contribution in [0.1, 0.15) is 44.2 Å². The first-order chi connectivity index (χ1) is 8.58. The van der Waals surface area contributed by atoms with Crippen molar-refractivity contribution in [3.05, 3.63) is 29.6 Å². The molecule has 100 valence electrons. The lowest BCUT2D eigenvalue weighted by molar-refractivity contribution is 0.538. The Balaban J connectivity index is 2.07. The van der Waals surface area contributed by atoms with Gasteiger partial charge >= 0.3 is 0 Å². The average Bonchev–Trinajstić information content (AvgIpc) is 2.81. The molecule has 0 unspecified atom stereocenters. The number of hydrogen-bond donors (Lipinski definition) is 1. The van der Waals surface area contributed by atoms with E-state index in [-0.39, 0.29) is 11.9 Å². The van der Waals surface area contributed by atoms with Crippen molar-refractivity contribution in [3.63, 3.8) is 0 Å². The summed E-state index contributed by atoms with van der Waals surface area (Å²) in [5.41, 5.74) is 7.30. The summed E-state index contributed by atoms with van der Waals surface area (Å²) in [4.78, 5) is 2.04. The Morgan fingerprint density at radius 2 is 2.06 bits per heavy atom. The van der Waals surface area contributed by atoms with Gasteiger partial charge in [0.15, 0.2) is 0 Å². The smallest absolute Gasteiger partial charge is 0.146 e. The molecular weight excluding hydrogens is 227 g/mol. The van der Waals surface area contributed by atoms with Crippen LogP contribution in [0.4, 0.5) is 10.1 Å². The molecule has 3 heteroatoms. The Labute approximate surface area is 109 Å². The van der Waals surface area contributed by atoms with Gasteiger partial charge in [0, 0.05) is 19.6 Å². The molecule has 1 aromatic carbocycles. The Morgan fingerprint density at radius 1 is 1.39 bits per heavy atom. The third-order valence-electron chi connectivity index (χ3n) is 3.92. The standard InChI is InChI=1S/C15H23FN2/c1-11(17)13-7-8-15(14(16)9-13)18(2)10-12-5-3-4-6-12/h7-9,11-12H,3-6,10,17H2,1-2H3/t11-/m1/s1. The topological polar surface area (TPSA) is 29.3 Å². The van der Waals surface area contributed by atoms with E-state index in [0.29, 0.717) is 5.69 Å². The number of nitrogens with two attached hydrogens (primary N) is 1. The summed E-state index contributed by atoms with van der Waals surface area (Å²) in [5, 5.41) is 0. The van der Waals surface area contributed by atoms with Gasteiger partial charge in [-0.3, -0.25) is 0 Å². The minimum Gasteiger partial charge on any atom is -0.372 e. The zero-order chi connectivity index (χ0) is 13.1. The van der Waals surface area contributed by atoms with Gasteiger partial charge in [-0.25, -0.2) is 4.39 Å². The molecule has 0 aliphatic heterocycles. The number of halogens is 1. The molecule has 0 amide bonds. The summed E-state index contributed by atoms with van der Waals surface area (Å²) in [5.74, 6) is 0.563. The van der Waals surface area contributed by atoms with Crippen LogP contribution in [0.3, 0.4) is 0 Å². The molecule has 0 aromatic heterocycles. The van der Waals surface area contributed by atoms with Gasteiger partial charge in [-0.15, -0.1) is 0 Å². The maximum atomic E-state index is 14.0. The van der Waals surface area contributed by atoms with E-state index in [9.17, 15) is 4.39 Å². The van der Waals surface area contributed by atoms with Gasteiger partial charge in [0.25, 0.3) is 0 Å². The largest absolute Gasteiger partial charge is 0.372 e. The average molecular weight is 250 g/mol. The summed E-state index contributed by atoms with van der Waals surface area (Å²) in [6, 6.07) is 5.22. The second kappa shape index (κ2) is 5.70. The van der Waals surface area contributed by atoms with E-state index in [1.54, 1.807) is 6.07 Å². The SMILES string of the molecule is C[C@@H](N)c1ccc(N(C)CC2CCCC2)c(F)c1. The molecule has 2 N–H and O–H groups in total. The normalized spacial score (nSPS) is 18.0. The number of anilines is 1. The Hall–Kier alpha value is -1.09. The van der Waals surface area contributed by atoms with Crippen molar-refractivity contribution in [1.82, 2.24) is 0 Å². The third kappa shape index (κ3) is 3.02. The fourth-order valence-electron chi connectivity index (χ4n) is 2.79. The van der Waals surface area contributed by atoms with E-state index in [0.717, 1.165) is 18.0 Å². The van der Waals surface area contributed by atoms with Crippen LogP contribution in [0.5, 0.6) is 0 Å². The van der Waals surface area contributed by atoms with Gasteiger partial charge in [0.1, 0.15) is 5.82 Å². The quantitative estimate of drug-likeness (QED) is 0.886. The maximum absolute atomic E-state index is 14.0. The number of hydrogen-bond acceptors (Lipinski definition) is 2. The van der Waals surface area contributed by atoms with Crippen molar-refractivity contribution in [2.45, 2.75) is 38.6 Å². The monoisotopic (exact) mass is 250 g/mol. The van der Waals surface area contributed by atoms with Crippen LogP contribution in [-0.4, -0.2) is 13.6 Å². The van der Waals surface area contributed by atoms with E-state index >= 15 is 0 Å². The fourth-order valence-corrected chi connectivity index (χ4v) is 2.79. The zero-order valence-electron chi connectivity index (χ0n) is 11.3. The summed E-state index contributed by atoms with van der Waals surface area (Å²) >= 11 is 0. The van der Waals surface area contributed by atoms with Gasteiger partial charge in [0.2, 0.25) is 0 Å². The zero-order valence-corrected chi connectivity index (χ0v) is 11.3. The molecule has 1 atom stereocenters. The van der Waals surface area contributed by atoms with Crippen molar-refractivity contribution in [3.8, 4) is 0 Å². The van der Waals surface area contributed by atoms with Gasteiger partial charge in [0.05, 0.1) is 5.69 Å². The summed E-state index contributed by atoms with van der Waals surface area (Å²) < 4.78 is 14.0. The Kier molecular flexibility index (Phi) is 4.23. The molecule has 2 nitrogen and oxygen atoms in total.